The van der Waals surface area contributed by atoms with Crippen molar-refractivity contribution in [3.63, 3.8) is 0 Å². The molecule has 28 heavy (non-hydrogen) atoms. The first kappa shape index (κ1) is 19.3. The van der Waals surface area contributed by atoms with E-state index in [1.807, 2.05) is 34.1 Å². The van der Waals surface area contributed by atoms with Gasteiger partial charge < -0.3 is 14.5 Å². The van der Waals surface area contributed by atoms with Gasteiger partial charge in [-0.1, -0.05) is 37.8 Å². The van der Waals surface area contributed by atoms with Gasteiger partial charge in [-0.25, -0.2) is 0 Å². The molecule has 0 bridgehead atoms. The molecule has 0 spiro atoms. The third-order valence-corrected chi connectivity index (χ3v) is 6.86. The predicted molar refractivity (Wildman–Crippen MR) is 108 cm³/mol. The first-order valence-electron chi connectivity index (χ1n) is 10.9. The highest BCUT2D eigenvalue weighted by atomic mass is 16.5. The number of nitrogens with zero attached hydrogens (tertiary/aromatic N) is 2. The highest BCUT2D eigenvalue weighted by molar-refractivity contribution is 6.00. The molecule has 3 atom stereocenters. The topological polar surface area (TPSA) is 49.9 Å². The van der Waals surface area contributed by atoms with Crippen LogP contribution in [0.3, 0.4) is 0 Å². The molecule has 0 aromatic heterocycles. The van der Waals surface area contributed by atoms with Crippen molar-refractivity contribution < 1.29 is 14.3 Å². The maximum Gasteiger partial charge on any atom is 0.258 e. The number of likely N-dealkylation sites (tertiary alicyclic amines) is 2. The molecule has 0 unspecified atom stereocenters. The van der Waals surface area contributed by atoms with Crippen molar-refractivity contribution in [1.82, 2.24) is 9.80 Å². The number of ether oxygens (including phenoxy) is 1. The van der Waals surface area contributed by atoms with E-state index in [0.29, 0.717) is 17.2 Å². The second kappa shape index (κ2) is 8.54. The average molecular weight is 385 g/mol. The Kier molecular flexibility index (Phi) is 5.88. The standard InChI is InChI=1S/C23H32N2O3/c1-28-21-13-7-5-11-18(21)22(26)25-19-12-6-4-10-17(19)16-20(25)23(27)24-14-8-2-3-9-15-24/h5,7,11,13,17,19-20H,2-4,6,8-10,12,14-16H2,1H3/t17-,19-,20-/m0/s1. The molecular weight excluding hydrogens is 352 g/mol. The van der Waals surface area contributed by atoms with Crippen molar-refractivity contribution in [3.8, 4) is 5.75 Å². The van der Waals surface area contributed by atoms with E-state index in [1.165, 1.54) is 19.3 Å². The monoisotopic (exact) mass is 384 g/mol. The molecule has 4 rings (SSSR count). The fourth-order valence-electron chi connectivity index (χ4n) is 5.43. The summed E-state index contributed by atoms with van der Waals surface area (Å²) >= 11 is 0. The molecule has 0 N–H and O–H groups in total. The molecule has 0 radical (unpaired) electrons. The molecular formula is C23H32N2O3. The number of amides is 2. The second-order valence-electron chi connectivity index (χ2n) is 8.52. The number of fused-ring (bicyclic) bond motifs is 1. The van der Waals surface area contributed by atoms with E-state index in [2.05, 4.69) is 0 Å². The third kappa shape index (κ3) is 3.63. The van der Waals surface area contributed by atoms with Crippen molar-refractivity contribution in [2.24, 2.45) is 5.92 Å². The SMILES string of the molecule is COc1ccccc1C(=O)N1[C@H](C(=O)N2CCCCCC2)C[C@@H]2CCCC[C@@H]21. The van der Waals surface area contributed by atoms with Crippen molar-refractivity contribution >= 4 is 11.8 Å². The zero-order valence-corrected chi connectivity index (χ0v) is 16.9. The van der Waals surface area contributed by atoms with Gasteiger partial charge in [0, 0.05) is 19.1 Å². The van der Waals surface area contributed by atoms with Crippen LogP contribution in [0.4, 0.5) is 0 Å². The maximum atomic E-state index is 13.6. The molecule has 2 saturated heterocycles. The molecule has 2 heterocycles. The minimum atomic E-state index is -0.316. The van der Waals surface area contributed by atoms with E-state index < -0.39 is 0 Å². The van der Waals surface area contributed by atoms with Crippen LogP contribution in [0.5, 0.6) is 5.75 Å². The number of rotatable bonds is 3. The summed E-state index contributed by atoms with van der Waals surface area (Å²) in [6, 6.07) is 7.27. The molecule has 5 heteroatoms. The lowest BCUT2D eigenvalue weighted by Gasteiger charge is -2.35. The van der Waals surface area contributed by atoms with Gasteiger partial charge in [0.1, 0.15) is 11.8 Å². The van der Waals surface area contributed by atoms with Crippen LogP contribution >= 0.6 is 0 Å². The Bertz CT molecular complexity index is 712. The normalized spacial score (nSPS) is 27.8. The summed E-state index contributed by atoms with van der Waals surface area (Å²) in [6.07, 6.45) is 9.86. The smallest absolute Gasteiger partial charge is 0.258 e. The maximum absolute atomic E-state index is 13.6. The number of carbonyl (C=O) groups excluding carboxylic acids is 2. The van der Waals surface area contributed by atoms with Gasteiger partial charge >= 0.3 is 0 Å². The summed E-state index contributed by atoms with van der Waals surface area (Å²) < 4.78 is 5.45. The number of hydrogen-bond acceptors (Lipinski definition) is 3. The van der Waals surface area contributed by atoms with Crippen molar-refractivity contribution in [3.05, 3.63) is 29.8 Å². The molecule has 5 nitrogen and oxygen atoms in total. The Morgan fingerprint density at radius 2 is 1.68 bits per heavy atom. The van der Waals surface area contributed by atoms with Crippen LogP contribution in [0.15, 0.2) is 24.3 Å². The van der Waals surface area contributed by atoms with Gasteiger partial charge in [0.05, 0.1) is 12.7 Å². The zero-order valence-electron chi connectivity index (χ0n) is 16.9. The van der Waals surface area contributed by atoms with E-state index in [9.17, 15) is 9.59 Å². The quantitative estimate of drug-likeness (QED) is 0.795. The molecule has 1 aromatic rings. The van der Waals surface area contributed by atoms with Gasteiger partial charge in [-0.3, -0.25) is 9.59 Å². The Hall–Kier alpha value is -2.04. The van der Waals surface area contributed by atoms with E-state index >= 15 is 0 Å². The van der Waals surface area contributed by atoms with Crippen LogP contribution in [0.2, 0.25) is 0 Å². The van der Waals surface area contributed by atoms with Crippen LogP contribution in [-0.2, 0) is 4.79 Å². The van der Waals surface area contributed by atoms with Crippen LogP contribution < -0.4 is 4.74 Å². The Morgan fingerprint density at radius 1 is 0.964 bits per heavy atom. The van der Waals surface area contributed by atoms with E-state index in [1.54, 1.807) is 7.11 Å². The molecule has 1 aromatic carbocycles. The highest BCUT2D eigenvalue weighted by Crippen LogP contribution is 2.41. The number of carbonyl (C=O) groups is 2. The molecule has 3 fully saturated rings. The van der Waals surface area contributed by atoms with Gasteiger partial charge in [0.2, 0.25) is 5.91 Å². The van der Waals surface area contributed by atoms with Gasteiger partial charge in [0.15, 0.2) is 0 Å². The van der Waals surface area contributed by atoms with Gasteiger partial charge in [0.25, 0.3) is 5.91 Å². The summed E-state index contributed by atoms with van der Waals surface area (Å²) in [5.74, 6) is 1.17. The highest BCUT2D eigenvalue weighted by Gasteiger charge is 2.48. The van der Waals surface area contributed by atoms with Crippen LogP contribution in [-0.4, -0.2) is 53.9 Å². The van der Waals surface area contributed by atoms with Crippen LogP contribution in [0.25, 0.3) is 0 Å². The number of benzene rings is 1. The van der Waals surface area contributed by atoms with E-state index in [0.717, 1.165) is 51.6 Å². The van der Waals surface area contributed by atoms with Gasteiger partial charge in [-0.2, -0.15) is 0 Å². The molecule has 2 aliphatic heterocycles. The minimum Gasteiger partial charge on any atom is -0.496 e. The fourth-order valence-corrected chi connectivity index (χ4v) is 5.43. The van der Waals surface area contributed by atoms with Crippen molar-refractivity contribution in [1.29, 1.82) is 0 Å². The third-order valence-electron chi connectivity index (χ3n) is 6.86. The van der Waals surface area contributed by atoms with Crippen LogP contribution in [0, 0.1) is 5.92 Å². The van der Waals surface area contributed by atoms with E-state index in [-0.39, 0.29) is 23.9 Å². The van der Waals surface area contributed by atoms with Gasteiger partial charge in [-0.05, 0) is 50.2 Å². The Balaban J connectivity index is 1.64. The zero-order chi connectivity index (χ0) is 19.5. The second-order valence-corrected chi connectivity index (χ2v) is 8.52. The lowest BCUT2D eigenvalue weighted by molar-refractivity contribution is -0.135. The molecule has 2 amide bonds. The largest absolute Gasteiger partial charge is 0.496 e. The molecule has 3 aliphatic rings. The predicted octanol–water partition coefficient (Wildman–Crippen LogP) is 3.87. The lowest BCUT2D eigenvalue weighted by Crippen LogP contribution is -2.51. The average Bonchev–Trinajstić information content (AvgIpc) is 2.91. The summed E-state index contributed by atoms with van der Waals surface area (Å²) in [4.78, 5) is 31.1. The van der Waals surface area contributed by atoms with Crippen LogP contribution in [0.1, 0.15) is 68.1 Å². The fraction of sp³-hybridized carbons (Fsp3) is 0.652. The summed E-state index contributed by atoms with van der Waals surface area (Å²) in [5, 5.41) is 0. The lowest BCUT2D eigenvalue weighted by atomic mass is 9.84. The first-order valence-corrected chi connectivity index (χ1v) is 10.9. The number of hydrogen-bond donors (Lipinski definition) is 0. The summed E-state index contributed by atoms with van der Waals surface area (Å²) in [6.45, 7) is 1.67. The number of para-hydroxylation sites is 1. The molecule has 152 valence electrons. The molecule has 1 aliphatic carbocycles. The Morgan fingerprint density at radius 3 is 2.43 bits per heavy atom. The number of methoxy groups -OCH3 is 1. The summed E-state index contributed by atoms with van der Waals surface area (Å²) in [5.41, 5.74) is 0.574. The molecule has 1 saturated carbocycles. The van der Waals surface area contributed by atoms with Crippen molar-refractivity contribution in [2.75, 3.05) is 20.2 Å². The summed E-state index contributed by atoms with van der Waals surface area (Å²) in [7, 11) is 1.60. The van der Waals surface area contributed by atoms with Gasteiger partial charge in [-0.15, -0.1) is 0 Å². The minimum absolute atomic E-state index is 0.0416. The Labute approximate surface area is 168 Å². The first-order chi connectivity index (χ1) is 13.7. The van der Waals surface area contributed by atoms with Crippen molar-refractivity contribution in [2.45, 2.75) is 69.9 Å². The van der Waals surface area contributed by atoms with E-state index in [4.69, 9.17) is 4.74 Å².